The maximum atomic E-state index is 12.4. The summed E-state index contributed by atoms with van der Waals surface area (Å²) in [5, 5.41) is 12.7. The van der Waals surface area contributed by atoms with E-state index in [1.807, 2.05) is 47.8 Å². The van der Waals surface area contributed by atoms with Gasteiger partial charge in [-0.3, -0.25) is 9.36 Å². The van der Waals surface area contributed by atoms with Crippen LogP contribution in [-0.2, 0) is 12.0 Å². The van der Waals surface area contributed by atoms with Gasteiger partial charge in [-0.25, -0.2) is 4.98 Å². The fraction of sp³-hybridized carbons (Fsp3) is 0.250. The van der Waals surface area contributed by atoms with Crippen molar-refractivity contribution in [1.82, 2.24) is 9.55 Å². The molecule has 0 aliphatic heterocycles. The first kappa shape index (κ1) is 20.3. The van der Waals surface area contributed by atoms with Gasteiger partial charge in [-0.2, -0.15) is 0 Å². The zero-order valence-corrected chi connectivity index (χ0v) is 17.8. The SMILES string of the molecule is CC(C)(c1ccccc1)c1ccc(OC[C@@H](O)Cn2cnc3sccc3c2=O)cc1. The second kappa shape index (κ2) is 8.42. The predicted octanol–water partition coefficient (Wildman–Crippen LogP) is 4.22. The summed E-state index contributed by atoms with van der Waals surface area (Å²) in [6.07, 6.45) is 0.659. The first-order valence-corrected chi connectivity index (χ1v) is 10.7. The highest BCUT2D eigenvalue weighted by molar-refractivity contribution is 7.16. The van der Waals surface area contributed by atoms with Crippen molar-refractivity contribution in [1.29, 1.82) is 0 Å². The van der Waals surface area contributed by atoms with Gasteiger partial charge in [0, 0.05) is 5.41 Å². The van der Waals surface area contributed by atoms with Crippen LogP contribution in [0.2, 0.25) is 0 Å². The third-order valence-corrected chi connectivity index (χ3v) is 6.19. The van der Waals surface area contributed by atoms with Crippen molar-refractivity contribution in [3.8, 4) is 5.75 Å². The van der Waals surface area contributed by atoms with Crippen molar-refractivity contribution < 1.29 is 9.84 Å². The van der Waals surface area contributed by atoms with Gasteiger partial charge in [0.25, 0.3) is 5.56 Å². The molecule has 0 saturated heterocycles. The van der Waals surface area contributed by atoms with E-state index < -0.39 is 6.10 Å². The molecule has 0 saturated carbocycles. The molecule has 30 heavy (non-hydrogen) atoms. The number of aromatic nitrogens is 2. The molecule has 0 unspecified atom stereocenters. The minimum absolute atomic E-state index is 0.0928. The molecule has 1 atom stereocenters. The molecular weight excluding hydrogens is 396 g/mol. The van der Waals surface area contributed by atoms with Crippen molar-refractivity contribution in [2.24, 2.45) is 0 Å². The number of nitrogens with zero attached hydrogens (tertiary/aromatic N) is 2. The second-order valence-corrected chi connectivity index (χ2v) is 8.72. The Morgan fingerprint density at radius 1 is 1.07 bits per heavy atom. The van der Waals surface area contributed by atoms with Crippen LogP contribution in [0.25, 0.3) is 10.2 Å². The van der Waals surface area contributed by atoms with Gasteiger partial charge in [-0.1, -0.05) is 56.3 Å². The van der Waals surface area contributed by atoms with Crippen LogP contribution in [0, 0.1) is 0 Å². The van der Waals surface area contributed by atoms with Crippen LogP contribution in [0.15, 0.2) is 77.2 Å². The van der Waals surface area contributed by atoms with Crippen LogP contribution in [0.5, 0.6) is 5.75 Å². The molecule has 4 rings (SSSR count). The molecule has 6 heteroatoms. The van der Waals surface area contributed by atoms with E-state index in [2.05, 4.69) is 31.0 Å². The van der Waals surface area contributed by atoms with Gasteiger partial charge in [0.2, 0.25) is 0 Å². The zero-order chi connectivity index (χ0) is 21.1. The Hall–Kier alpha value is -2.96. The number of ether oxygens (including phenoxy) is 1. The van der Waals surface area contributed by atoms with Crippen LogP contribution in [0.3, 0.4) is 0 Å². The molecule has 5 nitrogen and oxygen atoms in total. The van der Waals surface area contributed by atoms with Crippen LogP contribution in [0.1, 0.15) is 25.0 Å². The van der Waals surface area contributed by atoms with E-state index in [0.717, 1.165) is 0 Å². The molecule has 0 fully saturated rings. The topological polar surface area (TPSA) is 64.3 Å². The molecule has 0 amide bonds. The van der Waals surface area contributed by atoms with Crippen LogP contribution in [-0.4, -0.2) is 27.4 Å². The fourth-order valence-electron chi connectivity index (χ4n) is 3.48. The number of aliphatic hydroxyl groups is 1. The highest BCUT2D eigenvalue weighted by Gasteiger charge is 2.22. The Morgan fingerprint density at radius 2 is 1.77 bits per heavy atom. The molecule has 0 spiro atoms. The van der Waals surface area contributed by atoms with Crippen LogP contribution >= 0.6 is 11.3 Å². The summed E-state index contributed by atoms with van der Waals surface area (Å²) in [5.74, 6) is 0.681. The molecule has 0 radical (unpaired) electrons. The summed E-state index contributed by atoms with van der Waals surface area (Å²) >= 11 is 1.43. The normalized spacial score (nSPS) is 12.8. The molecule has 2 aromatic heterocycles. The summed E-state index contributed by atoms with van der Waals surface area (Å²) < 4.78 is 7.17. The lowest BCUT2D eigenvalue weighted by molar-refractivity contribution is 0.0915. The van der Waals surface area contributed by atoms with Crippen LogP contribution < -0.4 is 10.3 Å². The average molecular weight is 421 g/mol. The van der Waals surface area contributed by atoms with E-state index >= 15 is 0 Å². The minimum atomic E-state index is -0.818. The summed E-state index contributed by atoms with van der Waals surface area (Å²) in [5.41, 5.74) is 2.17. The van der Waals surface area contributed by atoms with E-state index in [-0.39, 0.29) is 24.1 Å². The summed E-state index contributed by atoms with van der Waals surface area (Å²) in [7, 11) is 0. The molecule has 0 aliphatic carbocycles. The molecular formula is C24H24N2O3S. The molecule has 1 N–H and O–H groups in total. The van der Waals surface area contributed by atoms with Gasteiger partial charge in [0.15, 0.2) is 0 Å². The highest BCUT2D eigenvalue weighted by Crippen LogP contribution is 2.32. The summed E-state index contributed by atoms with van der Waals surface area (Å²) in [6, 6.07) is 20.1. The molecule has 4 aromatic rings. The number of fused-ring (bicyclic) bond motifs is 1. The minimum Gasteiger partial charge on any atom is -0.491 e. The van der Waals surface area contributed by atoms with Crippen molar-refractivity contribution in [2.45, 2.75) is 31.9 Å². The van der Waals surface area contributed by atoms with Gasteiger partial charge in [-0.05, 0) is 34.7 Å². The van der Waals surface area contributed by atoms with E-state index in [1.165, 1.54) is 33.4 Å². The largest absolute Gasteiger partial charge is 0.491 e. The molecule has 0 bridgehead atoms. The maximum Gasteiger partial charge on any atom is 0.262 e. The summed E-state index contributed by atoms with van der Waals surface area (Å²) in [6.45, 7) is 4.61. The van der Waals surface area contributed by atoms with E-state index in [4.69, 9.17) is 4.74 Å². The fourth-order valence-corrected chi connectivity index (χ4v) is 4.21. The maximum absolute atomic E-state index is 12.4. The summed E-state index contributed by atoms with van der Waals surface area (Å²) in [4.78, 5) is 17.4. The lowest BCUT2D eigenvalue weighted by atomic mass is 9.78. The Bertz CT molecular complexity index is 1180. The van der Waals surface area contributed by atoms with Gasteiger partial charge in [0.05, 0.1) is 18.3 Å². The molecule has 2 heterocycles. The number of benzene rings is 2. The lowest BCUT2D eigenvalue weighted by Gasteiger charge is -2.26. The monoisotopic (exact) mass is 420 g/mol. The zero-order valence-electron chi connectivity index (χ0n) is 17.0. The van der Waals surface area contributed by atoms with E-state index in [9.17, 15) is 9.90 Å². The van der Waals surface area contributed by atoms with Crippen molar-refractivity contribution in [3.63, 3.8) is 0 Å². The van der Waals surface area contributed by atoms with E-state index in [0.29, 0.717) is 16.0 Å². The van der Waals surface area contributed by atoms with Crippen molar-refractivity contribution in [2.75, 3.05) is 6.61 Å². The number of rotatable bonds is 7. The Morgan fingerprint density at radius 3 is 2.50 bits per heavy atom. The Labute approximate surface area is 179 Å². The van der Waals surface area contributed by atoms with Gasteiger partial charge >= 0.3 is 0 Å². The third-order valence-electron chi connectivity index (χ3n) is 5.37. The standard InChI is InChI=1S/C24H24N2O3S/c1-24(2,17-6-4-3-5-7-17)18-8-10-20(11-9-18)29-15-19(27)14-26-16-25-22-21(23(26)28)12-13-30-22/h3-13,16,19,27H,14-15H2,1-2H3/t19-/m0/s1. The lowest BCUT2D eigenvalue weighted by Crippen LogP contribution is -2.30. The molecule has 2 aromatic carbocycles. The first-order chi connectivity index (χ1) is 14.4. The Kier molecular flexibility index (Phi) is 5.70. The first-order valence-electron chi connectivity index (χ1n) is 9.85. The second-order valence-electron chi connectivity index (χ2n) is 7.82. The number of hydrogen-bond donors (Lipinski definition) is 1. The average Bonchev–Trinajstić information content (AvgIpc) is 3.25. The highest BCUT2D eigenvalue weighted by atomic mass is 32.1. The number of aliphatic hydroxyl groups excluding tert-OH is 1. The van der Waals surface area contributed by atoms with Crippen molar-refractivity contribution in [3.05, 3.63) is 93.9 Å². The Balaban J connectivity index is 1.39. The van der Waals surface area contributed by atoms with Crippen molar-refractivity contribution >= 4 is 21.6 Å². The molecule has 154 valence electrons. The number of thiophene rings is 1. The van der Waals surface area contributed by atoms with Gasteiger partial charge in [0.1, 0.15) is 23.3 Å². The third kappa shape index (κ3) is 4.15. The smallest absolute Gasteiger partial charge is 0.262 e. The van der Waals surface area contributed by atoms with E-state index in [1.54, 1.807) is 6.07 Å². The van der Waals surface area contributed by atoms with Crippen LogP contribution in [0.4, 0.5) is 0 Å². The predicted molar refractivity (Wildman–Crippen MR) is 120 cm³/mol. The quantitative estimate of drug-likeness (QED) is 0.486. The number of hydrogen-bond acceptors (Lipinski definition) is 5. The van der Waals surface area contributed by atoms with Gasteiger partial charge < -0.3 is 9.84 Å². The van der Waals surface area contributed by atoms with Gasteiger partial charge in [-0.15, -0.1) is 11.3 Å². The molecule has 0 aliphatic rings.